The van der Waals surface area contributed by atoms with Crippen molar-refractivity contribution in [2.45, 2.75) is 51.0 Å². The molecule has 36 heavy (non-hydrogen) atoms. The smallest absolute Gasteiger partial charge is 0.220 e. The van der Waals surface area contributed by atoms with Crippen molar-refractivity contribution in [2.75, 3.05) is 51.8 Å². The van der Waals surface area contributed by atoms with Crippen LogP contribution < -0.4 is 19.7 Å². The largest absolute Gasteiger partial charge is 0.497 e. The van der Waals surface area contributed by atoms with Crippen LogP contribution in [0.25, 0.3) is 0 Å². The van der Waals surface area contributed by atoms with Crippen molar-refractivity contribution in [2.24, 2.45) is 0 Å². The van der Waals surface area contributed by atoms with E-state index in [2.05, 4.69) is 45.4 Å². The van der Waals surface area contributed by atoms with Gasteiger partial charge in [-0.2, -0.15) is 0 Å². The highest BCUT2D eigenvalue weighted by atomic mass is 35.5. The summed E-state index contributed by atoms with van der Waals surface area (Å²) in [4.78, 5) is 17.4. The third-order valence-electron chi connectivity index (χ3n) is 7.18. The quantitative estimate of drug-likeness (QED) is 0.410. The first-order chi connectivity index (χ1) is 16.7. The number of fused-ring (bicyclic) bond motifs is 1. The van der Waals surface area contributed by atoms with Crippen LogP contribution in [0.15, 0.2) is 42.5 Å². The molecule has 0 bridgehead atoms. The zero-order chi connectivity index (χ0) is 23.8. The maximum atomic E-state index is 12.5. The normalized spacial score (nSPS) is 17.3. The molecule has 2 aliphatic rings. The average molecular weight is 539 g/mol. The number of nitrogens with one attached hydrogen (secondary N) is 1. The number of piperazine rings is 1. The van der Waals surface area contributed by atoms with E-state index >= 15 is 0 Å². The number of unbranched alkanes of at least 4 members (excludes halogenated alkanes) is 2. The monoisotopic (exact) mass is 537 g/mol. The second-order valence-corrected chi connectivity index (χ2v) is 9.39. The molecule has 1 atom stereocenters. The third kappa shape index (κ3) is 7.92. The minimum absolute atomic E-state index is 0. The molecule has 4 rings (SSSR count). The number of methoxy groups -OCH3 is 2. The van der Waals surface area contributed by atoms with Crippen molar-refractivity contribution in [1.82, 2.24) is 10.2 Å². The lowest BCUT2D eigenvalue weighted by Gasteiger charge is -2.36. The lowest BCUT2D eigenvalue weighted by atomic mass is 9.87. The zero-order valence-corrected chi connectivity index (χ0v) is 23.2. The Morgan fingerprint density at radius 3 is 2.50 bits per heavy atom. The average Bonchev–Trinajstić information content (AvgIpc) is 2.88. The molecule has 2 aromatic rings. The van der Waals surface area contributed by atoms with E-state index < -0.39 is 0 Å². The number of nitrogens with zero attached hydrogens (tertiary/aromatic N) is 2. The van der Waals surface area contributed by atoms with E-state index in [9.17, 15) is 4.79 Å². The fourth-order valence-corrected chi connectivity index (χ4v) is 5.22. The van der Waals surface area contributed by atoms with Gasteiger partial charge in [-0.3, -0.25) is 9.69 Å². The number of benzene rings is 2. The van der Waals surface area contributed by atoms with Gasteiger partial charge in [-0.05, 0) is 61.9 Å². The Morgan fingerprint density at radius 2 is 1.75 bits per heavy atom. The van der Waals surface area contributed by atoms with Gasteiger partial charge in [0.2, 0.25) is 5.91 Å². The topological polar surface area (TPSA) is 54.0 Å². The molecule has 1 amide bonds. The number of ether oxygens (including phenoxy) is 2. The first-order valence-electron chi connectivity index (χ1n) is 12.7. The maximum Gasteiger partial charge on any atom is 0.220 e. The van der Waals surface area contributed by atoms with E-state index in [1.807, 2.05) is 12.1 Å². The van der Waals surface area contributed by atoms with E-state index in [-0.39, 0.29) is 36.8 Å². The Morgan fingerprint density at radius 1 is 0.972 bits per heavy atom. The lowest BCUT2D eigenvalue weighted by molar-refractivity contribution is -0.122. The first kappa shape index (κ1) is 30.1. The number of carbonyl (C=O) groups excluding carboxylic acids is 1. The molecule has 200 valence electrons. The van der Waals surface area contributed by atoms with Gasteiger partial charge in [-0.25, -0.2) is 0 Å². The number of hydrogen-bond donors (Lipinski definition) is 1. The summed E-state index contributed by atoms with van der Waals surface area (Å²) in [6.45, 7) is 5.15. The standard InChI is InChI=1S/C28H39N3O3.2ClH/c1-33-23-14-15-27(34-2)26(21-23)31-19-17-30(18-20-31)16-7-3-4-13-28(32)29-25-12-8-10-22-9-5-6-11-24(22)25;;/h5-6,9,11,14-15,21,25H,3-4,7-8,10,12-13,16-20H2,1-2H3,(H,29,32);2*1H. The predicted octanol–water partition coefficient (Wildman–Crippen LogP) is 5.42. The molecule has 0 saturated carbocycles. The summed E-state index contributed by atoms with van der Waals surface area (Å²) >= 11 is 0. The van der Waals surface area contributed by atoms with Gasteiger partial charge in [-0.15, -0.1) is 24.8 Å². The summed E-state index contributed by atoms with van der Waals surface area (Å²) in [7, 11) is 3.41. The van der Waals surface area contributed by atoms with Crippen LogP contribution in [0.2, 0.25) is 0 Å². The summed E-state index contributed by atoms with van der Waals surface area (Å²) in [5.41, 5.74) is 3.81. The fourth-order valence-electron chi connectivity index (χ4n) is 5.22. The predicted molar refractivity (Wildman–Crippen MR) is 151 cm³/mol. The van der Waals surface area contributed by atoms with Crippen LogP contribution in [0.4, 0.5) is 5.69 Å². The summed E-state index contributed by atoms with van der Waals surface area (Å²) in [6.07, 6.45) is 7.16. The Bertz CT molecular complexity index is 951. The van der Waals surface area contributed by atoms with Crippen molar-refractivity contribution in [3.63, 3.8) is 0 Å². The molecule has 1 aliphatic heterocycles. The highest BCUT2D eigenvalue weighted by molar-refractivity contribution is 5.85. The van der Waals surface area contributed by atoms with Crippen LogP contribution in [-0.2, 0) is 11.2 Å². The van der Waals surface area contributed by atoms with E-state index in [1.54, 1.807) is 14.2 Å². The number of carbonyl (C=O) groups is 1. The van der Waals surface area contributed by atoms with E-state index in [0.717, 1.165) is 88.4 Å². The van der Waals surface area contributed by atoms with Crippen molar-refractivity contribution in [1.29, 1.82) is 0 Å². The van der Waals surface area contributed by atoms with Crippen LogP contribution in [-0.4, -0.2) is 57.8 Å². The minimum Gasteiger partial charge on any atom is -0.497 e. The third-order valence-corrected chi connectivity index (χ3v) is 7.18. The Labute approximate surface area is 228 Å². The molecule has 0 aromatic heterocycles. The molecule has 1 fully saturated rings. The van der Waals surface area contributed by atoms with E-state index in [4.69, 9.17) is 9.47 Å². The number of halogens is 2. The summed E-state index contributed by atoms with van der Waals surface area (Å²) in [5.74, 6) is 1.95. The summed E-state index contributed by atoms with van der Waals surface area (Å²) < 4.78 is 11.0. The molecule has 1 heterocycles. The van der Waals surface area contributed by atoms with Crippen molar-refractivity contribution in [3.8, 4) is 11.5 Å². The fraction of sp³-hybridized carbons (Fsp3) is 0.536. The van der Waals surface area contributed by atoms with Crippen molar-refractivity contribution in [3.05, 3.63) is 53.6 Å². The van der Waals surface area contributed by atoms with Gasteiger partial charge in [-0.1, -0.05) is 30.7 Å². The van der Waals surface area contributed by atoms with Gasteiger partial charge in [0.15, 0.2) is 0 Å². The van der Waals surface area contributed by atoms with Gasteiger partial charge < -0.3 is 19.7 Å². The van der Waals surface area contributed by atoms with E-state index in [1.165, 1.54) is 11.1 Å². The zero-order valence-electron chi connectivity index (χ0n) is 21.5. The van der Waals surface area contributed by atoms with Crippen molar-refractivity contribution >= 4 is 36.4 Å². The van der Waals surface area contributed by atoms with Gasteiger partial charge in [0.25, 0.3) is 0 Å². The van der Waals surface area contributed by atoms with Gasteiger partial charge in [0, 0.05) is 38.7 Å². The van der Waals surface area contributed by atoms with Crippen LogP contribution in [0.5, 0.6) is 11.5 Å². The van der Waals surface area contributed by atoms with Gasteiger partial charge >= 0.3 is 0 Å². The number of anilines is 1. The molecule has 8 heteroatoms. The lowest BCUT2D eigenvalue weighted by Crippen LogP contribution is -2.46. The first-order valence-corrected chi connectivity index (χ1v) is 12.7. The minimum atomic E-state index is 0. The van der Waals surface area contributed by atoms with Crippen molar-refractivity contribution < 1.29 is 14.3 Å². The Kier molecular flexibility index (Phi) is 12.7. The highest BCUT2D eigenvalue weighted by Gasteiger charge is 2.22. The molecule has 1 saturated heterocycles. The van der Waals surface area contributed by atoms with Gasteiger partial charge in [0.05, 0.1) is 25.9 Å². The molecule has 0 spiro atoms. The highest BCUT2D eigenvalue weighted by Crippen LogP contribution is 2.33. The molecule has 0 radical (unpaired) electrons. The van der Waals surface area contributed by atoms with Crippen LogP contribution in [0.3, 0.4) is 0 Å². The maximum absolute atomic E-state index is 12.5. The molecule has 6 nitrogen and oxygen atoms in total. The molecular weight excluding hydrogens is 497 g/mol. The molecule has 1 unspecified atom stereocenters. The molecule has 1 N–H and O–H groups in total. The SMILES string of the molecule is COc1ccc(OC)c(N2CCN(CCCCCC(=O)NC3CCCc4ccccc43)CC2)c1.Cl.Cl. The van der Waals surface area contributed by atoms with Crippen LogP contribution >= 0.6 is 24.8 Å². The Balaban J connectivity index is 0.00000228. The number of rotatable bonds is 10. The molecule has 1 aliphatic carbocycles. The number of aryl methyl sites for hydroxylation is 1. The van der Waals surface area contributed by atoms with Crippen LogP contribution in [0, 0.1) is 0 Å². The number of amides is 1. The Hall–Kier alpha value is -2.15. The summed E-state index contributed by atoms with van der Waals surface area (Å²) in [5, 5.41) is 3.28. The number of hydrogen-bond acceptors (Lipinski definition) is 5. The van der Waals surface area contributed by atoms with Crippen LogP contribution in [0.1, 0.15) is 55.7 Å². The molecule has 2 aromatic carbocycles. The second-order valence-electron chi connectivity index (χ2n) is 9.39. The summed E-state index contributed by atoms with van der Waals surface area (Å²) in [6, 6.07) is 14.7. The second kappa shape index (κ2) is 15.2. The van der Waals surface area contributed by atoms with Gasteiger partial charge in [0.1, 0.15) is 11.5 Å². The van der Waals surface area contributed by atoms with E-state index in [0.29, 0.717) is 6.42 Å². The molecular formula is C28H41Cl2N3O3.